The summed E-state index contributed by atoms with van der Waals surface area (Å²) in [6, 6.07) is -0.299. The minimum Gasteiger partial charge on any atom is -0.323 e. The number of amidine groups is 1. The molecule has 6 N–H and O–H groups in total. The van der Waals surface area contributed by atoms with E-state index in [0.717, 1.165) is 0 Å². The maximum Gasteiger partial charge on any atom is 0.112 e. The second-order valence-corrected chi connectivity index (χ2v) is 2.41. The molecule has 5 heteroatoms. The van der Waals surface area contributed by atoms with E-state index in [0.29, 0.717) is 24.5 Å². The molecule has 1 fully saturated rings. The van der Waals surface area contributed by atoms with Gasteiger partial charge in [-0.15, -0.1) is 0 Å². The van der Waals surface area contributed by atoms with Gasteiger partial charge in [-0.3, -0.25) is 10.4 Å². The van der Waals surface area contributed by atoms with E-state index in [1.54, 1.807) is 0 Å². The van der Waals surface area contributed by atoms with Crippen molar-refractivity contribution in [3.63, 3.8) is 0 Å². The highest BCUT2D eigenvalue weighted by atomic mass is 15.4. The first-order valence-electron chi connectivity index (χ1n) is 3.04. The van der Waals surface area contributed by atoms with Gasteiger partial charge in [-0.1, -0.05) is 0 Å². The molecular formula is C5H11N5. The van der Waals surface area contributed by atoms with Crippen LogP contribution in [-0.4, -0.2) is 29.1 Å². The van der Waals surface area contributed by atoms with E-state index in [1.165, 1.54) is 5.01 Å². The molecule has 1 saturated heterocycles. The highest BCUT2D eigenvalue weighted by molar-refractivity contribution is 5.98. The molecule has 0 amide bonds. The SMILES string of the molecule is N=C1CN(N)C(=N)CC1N. The molecule has 0 aliphatic carbocycles. The molecule has 1 heterocycles. The summed E-state index contributed by atoms with van der Waals surface area (Å²) in [5, 5.41) is 15.8. The van der Waals surface area contributed by atoms with Crippen LogP contribution >= 0.6 is 0 Å². The van der Waals surface area contributed by atoms with Crippen molar-refractivity contribution in [3.05, 3.63) is 0 Å². The van der Waals surface area contributed by atoms with Crippen molar-refractivity contribution in [2.45, 2.75) is 12.5 Å². The largest absolute Gasteiger partial charge is 0.323 e. The van der Waals surface area contributed by atoms with Gasteiger partial charge in [-0.2, -0.15) is 0 Å². The third kappa shape index (κ3) is 1.14. The summed E-state index contributed by atoms with van der Waals surface area (Å²) >= 11 is 0. The molecule has 0 saturated carbocycles. The van der Waals surface area contributed by atoms with E-state index in [9.17, 15) is 0 Å². The average Bonchev–Trinajstić information content (AvgIpc) is 1.84. The number of hydrogen-bond donors (Lipinski definition) is 4. The fraction of sp³-hybridized carbons (Fsp3) is 0.600. The molecule has 10 heavy (non-hydrogen) atoms. The lowest BCUT2D eigenvalue weighted by Gasteiger charge is -2.28. The number of hydrazine groups is 1. The summed E-state index contributed by atoms with van der Waals surface area (Å²) in [4.78, 5) is 0. The van der Waals surface area contributed by atoms with Crippen molar-refractivity contribution in [3.8, 4) is 0 Å². The average molecular weight is 141 g/mol. The van der Waals surface area contributed by atoms with Gasteiger partial charge in [0, 0.05) is 12.1 Å². The van der Waals surface area contributed by atoms with Gasteiger partial charge in [0.05, 0.1) is 12.6 Å². The van der Waals surface area contributed by atoms with Gasteiger partial charge in [-0.05, 0) is 0 Å². The van der Waals surface area contributed by atoms with Crippen molar-refractivity contribution in [1.82, 2.24) is 5.01 Å². The molecule has 0 aromatic heterocycles. The topological polar surface area (TPSA) is 103 Å². The minimum absolute atomic E-state index is 0.292. The third-order valence-electron chi connectivity index (χ3n) is 1.55. The van der Waals surface area contributed by atoms with E-state index >= 15 is 0 Å². The van der Waals surface area contributed by atoms with Crippen LogP contribution < -0.4 is 11.6 Å². The van der Waals surface area contributed by atoms with Crippen LogP contribution in [0.3, 0.4) is 0 Å². The first-order valence-corrected chi connectivity index (χ1v) is 3.04. The zero-order valence-electron chi connectivity index (χ0n) is 5.59. The summed E-state index contributed by atoms with van der Waals surface area (Å²) in [5.74, 6) is 5.65. The predicted molar refractivity (Wildman–Crippen MR) is 38.9 cm³/mol. The second-order valence-electron chi connectivity index (χ2n) is 2.41. The van der Waals surface area contributed by atoms with Crippen molar-refractivity contribution >= 4 is 11.5 Å². The maximum atomic E-state index is 7.27. The number of nitrogens with two attached hydrogens (primary N) is 2. The fourth-order valence-corrected chi connectivity index (χ4v) is 0.845. The molecule has 1 unspecified atom stereocenters. The van der Waals surface area contributed by atoms with Gasteiger partial charge in [0.15, 0.2) is 0 Å². The van der Waals surface area contributed by atoms with Crippen LogP contribution in [0.25, 0.3) is 0 Å². The molecule has 0 radical (unpaired) electrons. The fourth-order valence-electron chi connectivity index (χ4n) is 0.845. The van der Waals surface area contributed by atoms with Crippen LogP contribution in [0.1, 0.15) is 6.42 Å². The van der Waals surface area contributed by atoms with E-state index < -0.39 is 0 Å². The van der Waals surface area contributed by atoms with Gasteiger partial charge >= 0.3 is 0 Å². The number of nitrogens with one attached hydrogen (secondary N) is 2. The zero-order valence-corrected chi connectivity index (χ0v) is 5.59. The Kier molecular flexibility index (Phi) is 1.69. The first kappa shape index (κ1) is 7.17. The Hall–Kier alpha value is -0.940. The van der Waals surface area contributed by atoms with Crippen molar-refractivity contribution in [2.24, 2.45) is 11.6 Å². The molecule has 0 spiro atoms. The normalized spacial score (nSPS) is 27.4. The molecule has 56 valence electrons. The Bertz CT molecular complexity index is 155. The van der Waals surface area contributed by atoms with Crippen LogP contribution in [0.5, 0.6) is 0 Å². The minimum atomic E-state index is -0.299. The van der Waals surface area contributed by atoms with E-state index in [1.807, 2.05) is 0 Å². The lowest BCUT2D eigenvalue weighted by atomic mass is 10.0. The van der Waals surface area contributed by atoms with Crippen molar-refractivity contribution in [1.29, 1.82) is 10.8 Å². The summed E-state index contributed by atoms with van der Waals surface area (Å²) in [7, 11) is 0. The van der Waals surface area contributed by atoms with Crippen molar-refractivity contribution < 1.29 is 0 Å². The lowest BCUT2D eigenvalue weighted by Crippen LogP contribution is -2.53. The van der Waals surface area contributed by atoms with Gasteiger partial charge in [-0.25, -0.2) is 5.84 Å². The van der Waals surface area contributed by atoms with Crippen LogP contribution in [0.4, 0.5) is 0 Å². The zero-order chi connectivity index (χ0) is 7.72. The van der Waals surface area contributed by atoms with Crippen LogP contribution in [0.2, 0.25) is 0 Å². The number of piperidine rings is 1. The Morgan fingerprint density at radius 3 is 2.60 bits per heavy atom. The molecule has 0 aromatic rings. The summed E-state index contributed by atoms with van der Waals surface area (Å²) < 4.78 is 0. The monoisotopic (exact) mass is 141 g/mol. The Labute approximate surface area is 59.0 Å². The van der Waals surface area contributed by atoms with Crippen LogP contribution in [-0.2, 0) is 0 Å². The smallest absolute Gasteiger partial charge is 0.112 e. The molecule has 0 aromatic carbocycles. The lowest BCUT2D eigenvalue weighted by molar-refractivity contribution is 0.458. The quantitative estimate of drug-likeness (QED) is 0.321. The summed E-state index contributed by atoms with van der Waals surface area (Å²) in [6.07, 6.45) is 0.384. The molecule has 1 aliphatic heterocycles. The highest BCUT2D eigenvalue weighted by Gasteiger charge is 2.22. The predicted octanol–water partition coefficient (Wildman–Crippen LogP) is -1.11. The van der Waals surface area contributed by atoms with E-state index in [2.05, 4.69) is 0 Å². The maximum absolute atomic E-state index is 7.27. The molecule has 5 nitrogen and oxygen atoms in total. The molecule has 1 atom stereocenters. The first-order chi connectivity index (χ1) is 4.61. The number of rotatable bonds is 0. The second kappa shape index (κ2) is 2.36. The summed E-state index contributed by atoms with van der Waals surface area (Å²) in [5.41, 5.74) is 5.88. The van der Waals surface area contributed by atoms with Crippen LogP contribution in [0.15, 0.2) is 0 Å². The molecule has 0 bridgehead atoms. The van der Waals surface area contributed by atoms with Gasteiger partial charge in [0.2, 0.25) is 0 Å². The summed E-state index contributed by atoms with van der Waals surface area (Å²) in [6.45, 7) is 0.292. The van der Waals surface area contributed by atoms with E-state index in [4.69, 9.17) is 22.4 Å². The van der Waals surface area contributed by atoms with Gasteiger partial charge in [0.1, 0.15) is 5.84 Å². The Morgan fingerprint density at radius 1 is 1.50 bits per heavy atom. The standard InChI is InChI=1S/C5H11N5/c6-3-1-5(8)10(9)2-4(3)7/h3,7-8H,1-2,6,9H2. The van der Waals surface area contributed by atoms with Crippen molar-refractivity contribution in [2.75, 3.05) is 6.54 Å². The molecular weight excluding hydrogens is 130 g/mol. The Balaban J connectivity index is 2.63. The highest BCUT2D eigenvalue weighted by Crippen LogP contribution is 2.02. The third-order valence-corrected chi connectivity index (χ3v) is 1.55. The number of nitrogens with zero attached hydrogens (tertiary/aromatic N) is 1. The Morgan fingerprint density at radius 2 is 2.10 bits per heavy atom. The van der Waals surface area contributed by atoms with Crippen LogP contribution in [0, 0.1) is 10.8 Å². The number of hydrogen-bond acceptors (Lipinski definition) is 4. The van der Waals surface area contributed by atoms with E-state index in [-0.39, 0.29) is 6.04 Å². The van der Waals surface area contributed by atoms with Gasteiger partial charge < -0.3 is 11.1 Å². The molecule has 1 rings (SSSR count). The van der Waals surface area contributed by atoms with Gasteiger partial charge in [0.25, 0.3) is 0 Å². The molecule has 1 aliphatic rings.